The number of thiazole rings is 1. The number of nitrogens with one attached hydrogen (secondary N) is 1. The van der Waals surface area contributed by atoms with E-state index in [1.807, 2.05) is 13.0 Å². The summed E-state index contributed by atoms with van der Waals surface area (Å²) in [4.78, 5) is 29.2. The Balaban J connectivity index is 2.12. The lowest BCUT2D eigenvalue weighted by Crippen LogP contribution is -2.25. The van der Waals surface area contributed by atoms with Crippen molar-refractivity contribution in [2.75, 3.05) is 0 Å². The molecule has 0 unspecified atom stereocenters. The van der Waals surface area contributed by atoms with Crippen molar-refractivity contribution in [1.29, 1.82) is 0 Å². The van der Waals surface area contributed by atoms with Gasteiger partial charge in [-0.25, -0.2) is 9.78 Å². The van der Waals surface area contributed by atoms with Crippen molar-refractivity contribution in [3.05, 3.63) is 37.5 Å². The van der Waals surface area contributed by atoms with E-state index < -0.39 is 5.97 Å². The Hall–Kier alpha value is -1.73. The van der Waals surface area contributed by atoms with E-state index >= 15 is 0 Å². The number of hydrogen-bond donors (Lipinski definition) is 2. The van der Waals surface area contributed by atoms with Gasteiger partial charge in [0.15, 0.2) is 0 Å². The zero-order chi connectivity index (χ0) is 14.9. The standard InChI is InChI=1S/C13H14N2O3S2/c1-6-4-5-9(19-6)11(16)14-8(3)12-15-7(2)10(20-12)13(17)18/h4-5,8H,1-3H3,(H,14,16)(H,17,18)/t8-/m1/s1. The van der Waals surface area contributed by atoms with Crippen molar-refractivity contribution in [2.45, 2.75) is 26.8 Å². The van der Waals surface area contributed by atoms with Gasteiger partial charge < -0.3 is 10.4 Å². The van der Waals surface area contributed by atoms with Crippen molar-refractivity contribution < 1.29 is 14.7 Å². The van der Waals surface area contributed by atoms with Crippen LogP contribution in [0.15, 0.2) is 12.1 Å². The number of aromatic carboxylic acids is 1. The van der Waals surface area contributed by atoms with Crippen LogP contribution in [0.5, 0.6) is 0 Å². The highest BCUT2D eigenvalue weighted by molar-refractivity contribution is 7.14. The summed E-state index contributed by atoms with van der Waals surface area (Å²) in [5.74, 6) is -1.15. The molecular formula is C13H14N2O3S2. The van der Waals surface area contributed by atoms with Gasteiger partial charge in [-0.3, -0.25) is 4.79 Å². The Kier molecular flexibility index (Phi) is 4.20. The summed E-state index contributed by atoms with van der Waals surface area (Å²) >= 11 is 2.52. The third kappa shape index (κ3) is 3.05. The fourth-order valence-corrected chi connectivity index (χ4v) is 3.37. The topological polar surface area (TPSA) is 79.3 Å². The molecule has 0 spiro atoms. The number of thiophene rings is 1. The second-order valence-corrected chi connectivity index (χ2v) is 6.70. The van der Waals surface area contributed by atoms with Crippen LogP contribution in [0.1, 0.15) is 47.9 Å². The van der Waals surface area contributed by atoms with E-state index in [-0.39, 0.29) is 16.8 Å². The van der Waals surface area contributed by atoms with Crippen LogP contribution in [0, 0.1) is 13.8 Å². The predicted octanol–water partition coefficient (Wildman–Crippen LogP) is 3.01. The fraction of sp³-hybridized carbons (Fsp3) is 0.308. The molecule has 0 bridgehead atoms. The third-order valence-corrected chi connectivity index (χ3v) is 5.02. The summed E-state index contributed by atoms with van der Waals surface area (Å²) in [6, 6.07) is 3.35. The van der Waals surface area contributed by atoms with Crippen LogP contribution in [0.25, 0.3) is 0 Å². The molecule has 2 rings (SSSR count). The van der Waals surface area contributed by atoms with E-state index in [0.717, 1.165) is 16.2 Å². The van der Waals surface area contributed by atoms with E-state index in [2.05, 4.69) is 10.3 Å². The van der Waals surface area contributed by atoms with E-state index in [9.17, 15) is 9.59 Å². The summed E-state index contributed by atoms with van der Waals surface area (Å²) in [6.45, 7) is 5.39. The van der Waals surface area contributed by atoms with Crippen LogP contribution in [0.2, 0.25) is 0 Å². The minimum atomic E-state index is -0.987. The van der Waals surface area contributed by atoms with Gasteiger partial charge in [0.2, 0.25) is 0 Å². The van der Waals surface area contributed by atoms with Gasteiger partial charge in [-0.05, 0) is 32.9 Å². The molecule has 0 saturated heterocycles. The molecule has 2 heterocycles. The molecule has 1 atom stereocenters. The van der Waals surface area contributed by atoms with Gasteiger partial charge >= 0.3 is 5.97 Å². The Morgan fingerprint density at radius 1 is 1.30 bits per heavy atom. The first-order chi connectivity index (χ1) is 9.38. The van der Waals surface area contributed by atoms with E-state index in [0.29, 0.717) is 15.6 Å². The third-order valence-electron chi connectivity index (χ3n) is 2.69. The first-order valence-electron chi connectivity index (χ1n) is 5.96. The Labute approximate surface area is 124 Å². The second kappa shape index (κ2) is 5.72. The first kappa shape index (κ1) is 14.7. The van der Waals surface area contributed by atoms with E-state index in [1.54, 1.807) is 19.9 Å². The molecule has 0 aliphatic heterocycles. The van der Waals surface area contributed by atoms with Crippen molar-refractivity contribution in [3.8, 4) is 0 Å². The quantitative estimate of drug-likeness (QED) is 0.910. The molecule has 106 valence electrons. The van der Waals surface area contributed by atoms with Crippen molar-refractivity contribution in [2.24, 2.45) is 0 Å². The van der Waals surface area contributed by atoms with Crippen LogP contribution in [-0.2, 0) is 0 Å². The lowest BCUT2D eigenvalue weighted by molar-refractivity contribution is 0.0701. The fourth-order valence-electron chi connectivity index (χ4n) is 1.69. The minimum absolute atomic E-state index is 0.166. The monoisotopic (exact) mass is 310 g/mol. The van der Waals surface area contributed by atoms with Gasteiger partial charge in [0.25, 0.3) is 5.91 Å². The number of carbonyl (C=O) groups excluding carboxylic acids is 1. The molecule has 2 aromatic heterocycles. The van der Waals surface area contributed by atoms with Crippen LogP contribution in [0.3, 0.4) is 0 Å². The molecule has 20 heavy (non-hydrogen) atoms. The molecule has 0 aromatic carbocycles. The summed E-state index contributed by atoms with van der Waals surface area (Å²) in [5.41, 5.74) is 0.477. The molecule has 0 aliphatic rings. The number of carbonyl (C=O) groups is 2. The molecule has 0 radical (unpaired) electrons. The number of amides is 1. The van der Waals surface area contributed by atoms with Gasteiger partial charge in [-0.1, -0.05) is 0 Å². The lowest BCUT2D eigenvalue weighted by Gasteiger charge is -2.09. The average Bonchev–Trinajstić information content (AvgIpc) is 2.95. The summed E-state index contributed by atoms with van der Waals surface area (Å²) in [5, 5.41) is 12.4. The summed E-state index contributed by atoms with van der Waals surface area (Å²) in [7, 11) is 0. The number of carboxylic acids is 1. The van der Waals surface area contributed by atoms with E-state index in [1.165, 1.54) is 11.3 Å². The van der Waals surface area contributed by atoms with Gasteiger partial charge in [-0.15, -0.1) is 22.7 Å². The van der Waals surface area contributed by atoms with Crippen molar-refractivity contribution >= 4 is 34.6 Å². The lowest BCUT2D eigenvalue weighted by atomic mass is 10.3. The molecule has 7 heteroatoms. The largest absolute Gasteiger partial charge is 0.477 e. The van der Waals surface area contributed by atoms with Crippen LogP contribution < -0.4 is 5.32 Å². The molecule has 2 N–H and O–H groups in total. The molecule has 0 aliphatic carbocycles. The van der Waals surface area contributed by atoms with Gasteiger partial charge in [0.1, 0.15) is 9.88 Å². The number of aromatic nitrogens is 1. The predicted molar refractivity (Wildman–Crippen MR) is 78.7 cm³/mol. The number of nitrogens with zero attached hydrogens (tertiary/aromatic N) is 1. The highest BCUT2D eigenvalue weighted by Crippen LogP contribution is 2.24. The number of rotatable bonds is 4. The summed E-state index contributed by atoms with van der Waals surface area (Å²) < 4.78 is 0. The zero-order valence-corrected chi connectivity index (χ0v) is 12.9. The maximum atomic E-state index is 12.0. The number of hydrogen-bond acceptors (Lipinski definition) is 5. The molecule has 2 aromatic rings. The van der Waals surface area contributed by atoms with Crippen molar-refractivity contribution in [1.82, 2.24) is 10.3 Å². The Morgan fingerprint density at radius 3 is 2.50 bits per heavy atom. The maximum absolute atomic E-state index is 12.0. The van der Waals surface area contributed by atoms with Crippen LogP contribution in [-0.4, -0.2) is 22.0 Å². The van der Waals surface area contributed by atoms with E-state index in [4.69, 9.17) is 5.11 Å². The number of aryl methyl sites for hydroxylation is 2. The second-order valence-electron chi connectivity index (χ2n) is 4.38. The minimum Gasteiger partial charge on any atom is -0.477 e. The smallest absolute Gasteiger partial charge is 0.347 e. The van der Waals surface area contributed by atoms with Crippen molar-refractivity contribution in [3.63, 3.8) is 0 Å². The molecule has 0 fully saturated rings. The molecule has 5 nitrogen and oxygen atoms in total. The SMILES string of the molecule is Cc1ccc(C(=O)N[C@H](C)c2nc(C)c(C(=O)O)s2)s1. The Morgan fingerprint density at radius 2 is 2.00 bits per heavy atom. The van der Waals surface area contributed by atoms with Gasteiger partial charge in [-0.2, -0.15) is 0 Å². The highest BCUT2D eigenvalue weighted by Gasteiger charge is 2.20. The van der Waals surface area contributed by atoms with Gasteiger partial charge in [0.05, 0.1) is 16.6 Å². The summed E-state index contributed by atoms with van der Waals surface area (Å²) in [6.07, 6.45) is 0. The molecule has 0 saturated carbocycles. The maximum Gasteiger partial charge on any atom is 0.347 e. The highest BCUT2D eigenvalue weighted by atomic mass is 32.1. The first-order valence-corrected chi connectivity index (χ1v) is 7.59. The molecular weight excluding hydrogens is 296 g/mol. The van der Waals surface area contributed by atoms with Gasteiger partial charge in [0, 0.05) is 4.88 Å². The Bertz CT molecular complexity index is 660. The van der Waals surface area contributed by atoms with Crippen LogP contribution in [0.4, 0.5) is 0 Å². The number of carboxylic acid groups (broad SMARTS) is 1. The molecule has 1 amide bonds. The average molecular weight is 310 g/mol. The zero-order valence-electron chi connectivity index (χ0n) is 11.3. The normalized spacial score (nSPS) is 12.2. The van der Waals surface area contributed by atoms with Crippen LogP contribution >= 0.6 is 22.7 Å².